The Morgan fingerprint density at radius 3 is 2.14 bits per heavy atom. The molecule has 5 rings (SSSR count). The molecule has 5 heteroatoms. The molecule has 142 valence electrons. The predicted molar refractivity (Wildman–Crippen MR) is 112 cm³/mol. The van der Waals surface area contributed by atoms with Crippen molar-refractivity contribution in [2.24, 2.45) is 0 Å². The van der Waals surface area contributed by atoms with Crippen molar-refractivity contribution in [2.75, 3.05) is 5.32 Å². The summed E-state index contributed by atoms with van der Waals surface area (Å²) in [4.78, 5) is 18.7. The predicted octanol–water partition coefficient (Wildman–Crippen LogP) is 3.06. The Balaban J connectivity index is 1.60. The third kappa shape index (κ3) is 3.06. The fourth-order valence-corrected chi connectivity index (χ4v) is 3.95. The largest absolute Gasteiger partial charge is 0.548 e. The van der Waals surface area contributed by atoms with Crippen LogP contribution in [0.4, 0.5) is 5.69 Å². The highest BCUT2D eigenvalue weighted by molar-refractivity contribution is 6.05. The topological polar surface area (TPSA) is 82.1 Å². The van der Waals surface area contributed by atoms with Crippen molar-refractivity contribution >= 4 is 44.4 Å². The van der Waals surface area contributed by atoms with Crippen LogP contribution in [0.15, 0.2) is 79.0 Å². The van der Waals surface area contributed by atoms with E-state index in [1.807, 2.05) is 79.0 Å². The highest BCUT2D eigenvalue weighted by Crippen LogP contribution is 2.30. The molecule has 5 nitrogen and oxygen atoms in total. The van der Waals surface area contributed by atoms with Crippen molar-refractivity contribution in [3.63, 3.8) is 0 Å². The van der Waals surface area contributed by atoms with Gasteiger partial charge in [0, 0.05) is 35.7 Å². The van der Waals surface area contributed by atoms with Gasteiger partial charge in [0.05, 0.1) is 28.5 Å². The summed E-state index contributed by atoms with van der Waals surface area (Å²) < 4.78 is 0. The summed E-state index contributed by atoms with van der Waals surface area (Å²) in [6.07, 6.45) is 2.19. The van der Waals surface area contributed by atoms with Gasteiger partial charge in [-0.05, 0) is 23.8 Å². The highest BCUT2D eigenvalue weighted by atomic mass is 16.4. The Morgan fingerprint density at radius 1 is 0.897 bits per heavy atom. The number of carboxylic acid groups (broad SMARTS) is 1. The summed E-state index contributed by atoms with van der Waals surface area (Å²) >= 11 is 0. The average molecular weight is 381 g/mol. The maximum absolute atomic E-state index is 12.0. The molecule has 0 spiro atoms. The Hall–Kier alpha value is -3.86. The van der Waals surface area contributed by atoms with Crippen LogP contribution in [0.25, 0.3) is 32.7 Å². The van der Waals surface area contributed by atoms with Crippen molar-refractivity contribution in [3.05, 3.63) is 84.6 Å². The van der Waals surface area contributed by atoms with Gasteiger partial charge in [0.1, 0.15) is 0 Å². The van der Waals surface area contributed by atoms with Gasteiger partial charge in [-0.1, -0.05) is 42.5 Å². The molecular weight excluding hydrogens is 362 g/mol. The van der Waals surface area contributed by atoms with Gasteiger partial charge in [-0.2, -0.15) is 0 Å². The van der Waals surface area contributed by atoms with Crippen molar-refractivity contribution < 1.29 is 14.9 Å². The minimum atomic E-state index is -1.13. The van der Waals surface area contributed by atoms with Gasteiger partial charge in [-0.15, -0.1) is 0 Å². The quantitative estimate of drug-likeness (QED) is 0.459. The molecule has 0 aliphatic rings. The van der Waals surface area contributed by atoms with Crippen molar-refractivity contribution in [3.8, 4) is 0 Å². The van der Waals surface area contributed by atoms with Gasteiger partial charge in [0.2, 0.25) is 11.0 Å². The van der Waals surface area contributed by atoms with Crippen LogP contribution in [0.2, 0.25) is 0 Å². The van der Waals surface area contributed by atoms with Crippen LogP contribution < -0.4 is 15.4 Å². The van der Waals surface area contributed by atoms with E-state index in [9.17, 15) is 9.90 Å². The molecule has 2 aromatic heterocycles. The molecule has 0 saturated heterocycles. The lowest BCUT2D eigenvalue weighted by Crippen LogP contribution is -2.42. The summed E-state index contributed by atoms with van der Waals surface area (Å²) in [7, 11) is 0. The van der Waals surface area contributed by atoms with Crippen LogP contribution >= 0.6 is 0 Å². The van der Waals surface area contributed by atoms with Gasteiger partial charge in [-0.3, -0.25) is 0 Å². The van der Waals surface area contributed by atoms with Crippen molar-refractivity contribution in [2.45, 2.75) is 12.5 Å². The number of rotatable bonds is 5. The van der Waals surface area contributed by atoms with Gasteiger partial charge < -0.3 is 20.2 Å². The first kappa shape index (κ1) is 17.3. The fraction of sp³-hybridized carbons (Fsp3) is 0.0833. The van der Waals surface area contributed by atoms with E-state index in [0.29, 0.717) is 6.42 Å². The van der Waals surface area contributed by atoms with Gasteiger partial charge in [0.15, 0.2) is 0 Å². The number of nitrogens with one attached hydrogen (secondary N) is 3. The Kier molecular flexibility index (Phi) is 4.13. The molecule has 0 bridgehead atoms. The zero-order valence-electron chi connectivity index (χ0n) is 15.6. The highest BCUT2D eigenvalue weighted by Gasteiger charge is 2.19. The SMILES string of the molecule is O=C([O-])[C@@H](Cc1c[nH]c2ccccc12)Nc1c2ccccc2[nH+]c2ccccc12. The molecule has 0 amide bonds. The Bertz CT molecular complexity index is 1300. The second kappa shape index (κ2) is 6.95. The second-order valence-electron chi connectivity index (χ2n) is 7.17. The van der Waals surface area contributed by atoms with E-state index in [0.717, 1.165) is 44.0 Å². The first-order valence-electron chi connectivity index (χ1n) is 9.56. The lowest BCUT2D eigenvalue weighted by molar-refractivity contribution is -0.310. The van der Waals surface area contributed by atoms with Gasteiger partial charge in [-0.25, -0.2) is 4.98 Å². The number of H-pyrrole nitrogens is 2. The number of aliphatic carboxylic acids is 1. The molecule has 0 aliphatic carbocycles. The molecule has 5 aromatic rings. The van der Waals surface area contributed by atoms with Crippen LogP contribution in [0.5, 0.6) is 0 Å². The van der Waals surface area contributed by atoms with Crippen molar-refractivity contribution in [1.82, 2.24) is 4.98 Å². The summed E-state index contributed by atoms with van der Waals surface area (Å²) in [6, 6.07) is 22.8. The van der Waals surface area contributed by atoms with Gasteiger partial charge >= 0.3 is 0 Å². The average Bonchev–Trinajstić information content (AvgIpc) is 3.15. The second-order valence-corrected chi connectivity index (χ2v) is 7.17. The zero-order valence-corrected chi connectivity index (χ0v) is 15.6. The number of pyridine rings is 1. The van der Waals surface area contributed by atoms with Crippen LogP contribution in [0.3, 0.4) is 0 Å². The smallest absolute Gasteiger partial charge is 0.213 e. The zero-order chi connectivity index (χ0) is 19.8. The number of para-hydroxylation sites is 3. The normalized spacial score (nSPS) is 12.4. The summed E-state index contributed by atoms with van der Waals surface area (Å²) in [5, 5.41) is 18.2. The van der Waals surface area contributed by atoms with E-state index in [1.165, 1.54) is 0 Å². The number of fused-ring (bicyclic) bond motifs is 3. The van der Waals surface area contributed by atoms with E-state index in [2.05, 4.69) is 15.3 Å². The summed E-state index contributed by atoms with van der Waals surface area (Å²) in [5.74, 6) is -1.13. The first-order chi connectivity index (χ1) is 14.2. The summed E-state index contributed by atoms with van der Waals surface area (Å²) in [6.45, 7) is 0. The number of hydrogen-bond donors (Lipinski definition) is 2. The van der Waals surface area contributed by atoms with Crippen molar-refractivity contribution in [1.29, 1.82) is 0 Å². The monoisotopic (exact) mass is 381 g/mol. The molecule has 29 heavy (non-hydrogen) atoms. The maximum atomic E-state index is 12.0. The van der Waals surface area contributed by atoms with Gasteiger partial charge in [0.25, 0.3) is 0 Å². The number of carboxylic acids is 1. The van der Waals surface area contributed by atoms with Crippen LogP contribution in [-0.2, 0) is 11.2 Å². The fourth-order valence-electron chi connectivity index (χ4n) is 3.95. The Morgan fingerprint density at radius 2 is 1.48 bits per heavy atom. The molecule has 3 N–H and O–H groups in total. The number of benzene rings is 3. The van der Waals surface area contributed by atoms with E-state index in [4.69, 9.17) is 0 Å². The summed E-state index contributed by atoms with van der Waals surface area (Å²) in [5.41, 5.74) is 4.61. The molecule has 3 aromatic carbocycles. The molecule has 0 fully saturated rings. The van der Waals surface area contributed by atoms with E-state index in [-0.39, 0.29) is 0 Å². The molecular formula is C24H19N3O2. The molecule has 0 saturated carbocycles. The number of aromatic amines is 2. The molecule has 0 aliphatic heterocycles. The molecule has 2 heterocycles. The Labute approximate surface area is 167 Å². The number of carbonyl (C=O) groups is 1. The lowest BCUT2D eigenvalue weighted by atomic mass is 10.0. The third-order valence-corrected chi connectivity index (χ3v) is 5.36. The van der Waals surface area contributed by atoms with Crippen LogP contribution in [-0.4, -0.2) is 17.0 Å². The number of hydrogen-bond acceptors (Lipinski definition) is 3. The molecule has 0 radical (unpaired) electrons. The van der Waals surface area contributed by atoms with Crippen LogP contribution in [0.1, 0.15) is 5.56 Å². The lowest BCUT2D eigenvalue weighted by Gasteiger charge is -2.22. The van der Waals surface area contributed by atoms with Crippen LogP contribution in [0, 0.1) is 0 Å². The van der Waals surface area contributed by atoms with E-state index >= 15 is 0 Å². The minimum Gasteiger partial charge on any atom is -0.548 e. The molecule has 1 atom stereocenters. The third-order valence-electron chi connectivity index (χ3n) is 5.36. The number of aromatic nitrogens is 2. The first-order valence-corrected chi connectivity index (χ1v) is 9.56. The maximum Gasteiger partial charge on any atom is 0.213 e. The molecule has 0 unspecified atom stereocenters. The number of anilines is 1. The standard InChI is InChI=1S/C24H19N3O2/c28-24(29)22(13-15-14-25-19-10-4-1-7-16(15)19)27-23-17-8-2-5-11-20(17)26-21-12-6-3-9-18(21)23/h1-12,14,22,25H,13H2,(H,26,27)(H,28,29)/t22-/m1/s1. The van der Waals surface area contributed by atoms with E-state index in [1.54, 1.807) is 0 Å². The van der Waals surface area contributed by atoms with E-state index < -0.39 is 12.0 Å². The minimum absolute atomic E-state index is 0.313. The number of carbonyl (C=O) groups excluding carboxylic acids is 1.